The molecule has 19 heavy (non-hydrogen) atoms. The second kappa shape index (κ2) is 5.33. The Morgan fingerprint density at radius 3 is 2.26 bits per heavy atom. The molecule has 0 aliphatic carbocycles. The molecule has 0 amide bonds. The molecule has 0 aliphatic heterocycles. The van der Waals surface area contributed by atoms with Crippen LogP contribution in [0.15, 0.2) is 12.1 Å². The lowest BCUT2D eigenvalue weighted by Crippen LogP contribution is -2.30. The molecule has 0 aliphatic rings. The molecule has 1 rings (SSSR count). The van der Waals surface area contributed by atoms with Crippen LogP contribution in [-0.2, 0) is 14.9 Å². The van der Waals surface area contributed by atoms with Crippen LogP contribution in [0.3, 0.4) is 0 Å². The number of carbonyl (C=O) groups excluding carboxylic acids is 1. The van der Waals surface area contributed by atoms with E-state index in [1.807, 2.05) is 6.92 Å². The molecule has 4 nitrogen and oxygen atoms in total. The normalized spacial score (nSPS) is 14.8. The maximum absolute atomic E-state index is 11.9. The van der Waals surface area contributed by atoms with E-state index in [1.54, 1.807) is 39.8 Å². The molecule has 1 unspecified atom stereocenters. The van der Waals surface area contributed by atoms with Crippen molar-refractivity contribution >= 4 is 23.3 Å². The fourth-order valence-corrected chi connectivity index (χ4v) is 2.59. The number of carboxylic acids is 1. The van der Waals surface area contributed by atoms with Crippen LogP contribution in [0.1, 0.15) is 55.6 Å². The highest BCUT2D eigenvalue weighted by Crippen LogP contribution is 2.34. The van der Waals surface area contributed by atoms with Gasteiger partial charge in [-0.2, -0.15) is 0 Å². The van der Waals surface area contributed by atoms with Crippen LogP contribution in [0.2, 0.25) is 0 Å². The maximum Gasteiger partial charge on any atom is 0.348 e. The number of aliphatic carboxylic acids is 1. The molecule has 0 spiro atoms. The summed E-state index contributed by atoms with van der Waals surface area (Å²) in [5, 5.41) is 9.31. The number of carbonyl (C=O) groups is 2. The van der Waals surface area contributed by atoms with E-state index < -0.39 is 23.0 Å². The molecular weight excluding hydrogens is 264 g/mol. The average Bonchev–Trinajstić information content (AvgIpc) is 2.75. The number of thiophene rings is 1. The third-order valence-electron chi connectivity index (χ3n) is 2.93. The third-order valence-corrected chi connectivity index (χ3v) is 4.26. The van der Waals surface area contributed by atoms with Gasteiger partial charge < -0.3 is 9.84 Å². The zero-order chi connectivity index (χ0) is 14.8. The lowest BCUT2D eigenvalue weighted by atomic mass is 9.86. The Balaban J connectivity index is 3.00. The first-order valence-electron chi connectivity index (χ1n) is 6.17. The summed E-state index contributed by atoms with van der Waals surface area (Å²) in [5.74, 6) is -1.29. The third kappa shape index (κ3) is 3.56. The zero-order valence-electron chi connectivity index (χ0n) is 11.9. The minimum Gasteiger partial charge on any atom is -0.481 e. The number of ether oxygens (including phenoxy) is 1. The van der Waals surface area contributed by atoms with Gasteiger partial charge in [0.15, 0.2) is 0 Å². The number of hydrogen-bond donors (Lipinski definition) is 1. The predicted octanol–water partition coefficient (Wildman–Crippen LogP) is 3.46. The standard InChI is InChI=1S/C14H20O4S/c1-6-14(5,12(16)17)10-8-7-9(19-10)11(15)18-13(2,3)4/h7-8H,6H2,1-5H3,(H,16,17). The molecule has 106 valence electrons. The summed E-state index contributed by atoms with van der Waals surface area (Å²) in [6.45, 7) is 8.88. The van der Waals surface area contributed by atoms with E-state index in [1.165, 1.54) is 11.3 Å². The Morgan fingerprint density at radius 2 is 1.84 bits per heavy atom. The molecular formula is C14H20O4S. The highest BCUT2D eigenvalue weighted by Gasteiger charge is 2.35. The quantitative estimate of drug-likeness (QED) is 0.860. The molecule has 0 radical (unpaired) electrons. The SMILES string of the molecule is CCC(C)(C(=O)O)c1ccc(C(=O)OC(C)(C)C)s1. The van der Waals surface area contributed by atoms with Crippen molar-refractivity contribution in [1.82, 2.24) is 0 Å². The smallest absolute Gasteiger partial charge is 0.348 e. The largest absolute Gasteiger partial charge is 0.481 e. The van der Waals surface area contributed by atoms with Crippen molar-refractivity contribution in [2.75, 3.05) is 0 Å². The van der Waals surface area contributed by atoms with Gasteiger partial charge in [0.1, 0.15) is 10.5 Å². The summed E-state index contributed by atoms with van der Waals surface area (Å²) >= 11 is 1.19. The van der Waals surface area contributed by atoms with Crippen molar-refractivity contribution in [3.05, 3.63) is 21.9 Å². The van der Waals surface area contributed by atoms with E-state index in [4.69, 9.17) is 4.74 Å². The van der Waals surface area contributed by atoms with E-state index in [0.717, 1.165) is 0 Å². The van der Waals surface area contributed by atoms with E-state index in [-0.39, 0.29) is 0 Å². The number of hydrogen-bond acceptors (Lipinski definition) is 4. The van der Waals surface area contributed by atoms with Gasteiger partial charge in [-0.3, -0.25) is 4.79 Å². The molecule has 1 aromatic heterocycles. The van der Waals surface area contributed by atoms with Gasteiger partial charge in [0, 0.05) is 4.88 Å². The van der Waals surface area contributed by atoms with Crippen molar-refractivity contribution in [2.24, 2.45) is 0 Å². The first-order chi connectivity index (χ1) is 8.60. The summed E-state index contributed by atoms with van der Waals surface area (Å²) in [6, 6.07) is 3.33. The molecule has 0 aromatic carbocycles. The van der Waals surface area contributed by atoms with Gasteiger partial charge in [0.25, 0.3) is 0 Å². The highest BCUT2D eigenvalue weighted by atomic mass is 32.1. The Bertz CT molecular complexity index is 484. The van der Waals surface area contributed by atoms with Crippen molar-refractivity contribution in [1.29, 1.82) is 0 Å². The van der Waals surface area contributed by atoms with Crippen molar-refractivity contribution in [2.45, 2.75) is 52.1 Å². The first-order valence-corrected chi connectivity index (χ1v) is 6.99. The maximum atomic E-state index is 11.9. The van der Waals surface area contributed by atoms with Gasteiger partial charge >= 0.3 is 11.9 Å². The summed E-state index contributed by atoms with van der Waals surface area (Å²) < 4.78 is 5.27. The van der Waals surface area contributed by atoms with Gasteiger partial charge in [-0.25, -0.2) is 4.79 Å². The molecule has 1 aromatic rings. The molecule has 0 bridgehead atoms. The molecule has 1 heterocycles. The number of esters is 1. The molecule has 0 fully saturated rings. The van der Waals surface area contributed by atoms with Gasteiger partial charge in [-0.1, -0.05) is 6.92 Å². The van der Waals surface area contributed by atoms with Crippen molar-refractivity contribution in [3.63, 3.8) is 0 Å². The Kier molecular flexibility index (Phi) is 4.40. The molecule has 0 saturated heterocycles. The predicted molar refractivity (Wildman–Crippen MR) is 74.8 cm³/mol. The Morgan fingerprint density at radius 1 is 1.26 bits per heavy atom. The fourth-order valence-electron chi connectivity index (χ4n) is 1.50. The van der Waals surface area contributed by atoms with Crippen LogP contribution in [0.4, 0.5) is 0 Å². The topological polar surface area (TPSA) is 63.6 Å². The van der Waals surface area contributed by atoms with E-state index in [2.05, 4.69) is 0 Å². The van der Waals surface area contributed by atoms with E-state index in [0.29, 0.717) is 16.2 Å². The minimum absolute atomic E-state index is 0.410. The lowest BCUT2D eigenvalue weighted by molar-refractivity contribution is -0.143. The molecule has 5 heteroatoms. The molecule has 1 N–H and O–H groups in total. The summed E-state index contributed by atoms with van der Waals surface area (Å²) in [4.78, 5) is 24.4. The van der Waals surface area contributed by atoms with Crippen LogP contribution < -0.4 is 0 Å². The summed E-state index contributed by atoms with van der Waals surface area (Å²) in [5.41, 5.74) is -1.51. The van der Waals surface area contributed by atoms with Crippen LogP contribution in [-0.4, -0.2) is 22.6 Å². The van der Waals surface area contributed by atoms with Gasteiger partial charge in [0.05, 0.1) is 5.41 Å². The van der Waals surface area contributed by atoms with Gasteiger partial charge in [-0.05, 0) is 46.2 Å². The van der Waals surface area contributed by atoms with Crippen LogP contribution in [0.25, 0.3) is 0 Å². The highest BCUT2D eigenvalue weighted by molar-refractivity contribution is 7.14. The van der Waals surface area contributed by atoms with E-state index >= 15 is 0 Å². The minimum atomic E-state index is -0.953. The average molecular weight is 284 g/mol. The van der Waals surface area contributed by atoms with Gasteiger partial charge in [0.2, 0.25) is 0 Å². The Labute approximate surface area is 117 Å². The van der Waals surface area contributed by atoms with Crippen molar-refractivity contribution in [3.8, 4) is 0 Å². The summed E-state index contributed by atoms with van der Waals surface area (Å²) in [7, 11) is 0. The lowest BCUT2D eigenvalue weighted by Gasteiger charge is -2.21. The van der Waals surface area contributed by atoms with Crippen LogP contribution in [0, 0.1) is 0 Å². The monoisotopic (exact) mass is 284 g/mol. The second-order valence-corrected chi connectivity index (χ2v) is 6.74. The number of rotatable bonds is 4. The fraction of sp³-hybridized carbons (Fsp3) is 0.571. The van der Waals surface area contributed by atoms with Crippen molar-refractivity contribution < 1.29 is 19.4 Å². The van der Waals surface area contributed by atoms with Crippen LogP contribution >= 0.6 is 11.3 Å². The molecule has 0 saturated carbocycles. The van der Waals surface area contributed by atoms with Gasteiger partial charge in [-0.15, -0.1) is 11.3 Å². The Hall–Kier alpha value is -1.36. The van der Waals surface area contributed by atoms with Crippen LogP contribution in [0.5, 0.6) is 0 Å². The number of carboxylic acid groups (broad SMARTS) is 1. The molecule has 1 atom stereocenters. The zero-order valence-corrected chi connectivity index (χ0v) is 12.8. The summed E-state index contributed by atoms with van der Waals surface area (Å²) in [6.07, 6.45) is 0.469. The second-order valence-electron chi connectivity index (χ2n) is 5.66. The van der Waals surface area contributed by atoms with E-state index in [9.17, 15) is 14.7 Å². The first kappa shape index (κ1) is 15.7.